The van der Waals surface area contributed by atoms with Crippen molar-refractivity contribution in [1.82, 2.24) is 19.5 Å². The Kier molecular flexibility index (Phi) is 4.41. The van der Waals surface area contributed by atoms with Crippen LogP contribution in [0.1, 0.15) is 18.5 Å². The summed E-state index contributed by atoms with van der Waals surface area (Å²) in [6.45, 7) is 1.70. The van der Waals surface area contributed by atoms with Gasteiger partial charge in [0.05, 0.1) is 5.69 Å². The van der Waals surface area contributed by atoms with Crippen LogP contribution in [0.15, 0.2) is 66.1 Å². The quantitative estimate of drug-likeness (QED) is 0.770. The van der Waals surface area contributed by atoms with Crippen LogP contribution in [0, 0.1) is 5.82 Å². The van der Waals surface area contributed by atoms with Gasteiger partial charge in [0, 0.05) is 6.04 Å². The Morgan fingerprint density at radius 2 is 1.83 bits per heavy atom. The van der Waals surface area contributed by atoms with Gasteiger partial charge in [0.1, 0.15) is 23.4 Å². The number of sulfonamides is 1. The fourth-order valence-electron chi connectivity index (χ4n) is 2.28. The summed E-state index contributed by atoms with van der Waals surface area (Å²) >= 11 is 0. The second kappa shape index (κ2) is 6.50. The summed E-state index contributed by atoms with van der Waals surface area (Å²) in [5, 5.41) is 4.02. The lowest BCUT2D eigenvalue weighted by Crippen LogP contribution is -2.27. The summed E-state index contributed by atoms with van der Waals surface area (Å²) in [5.41, 5.74) is 1.55. The summed E-state index contributed by atoms with van der Waals surface area (Å²) in [6.07, 6.45) is 3.00. The van der Waals surface area contributed by atoms with Crippen molar-refractivity contribution in [3.05, 3.63) is 72.6 Å². The molecule has 3 rings (SSSR count). The first-order valence-corrected chi connectivity index (χ1v) is 8.67. The first-order valence-electron chi connectivity index (χ1n) is 7.19. The monoisotopic (exact) mass is 346 g/mol. The van der Waals surface area contributed by atoms with Gasteiger partial charge in [0.25, 0.3) is 0 Å². The van der Waals surface area contributed by atoms with Gasteiger partial charge in [0.15, 0.2) is 0 Å². The van der Waals surface area contributed by atoms with E-state index >= 15 is 0 Å². The Morgan fingerprint density at radius 1 is 1.12 bits per heavy atom. The number of nitrogens with zero attached hydrogens (tertiary/aromatic N) is 3. The fourth-order valence-corrected chi connectivity index (χ4v) is 3.60. The van der Waals surface area contributed by atoms with E-state index in [1.165, 1.54) is 24.5 Å². The second-order valence-corrected chi connectivity index (χ2v) is 6.89. The molecule has 0 aliphatic rings. The highest BCUT2D eigenvalue weighted by Gasteiger charge is 2.21. The van der Waals surface area contributed by atoms with Crippen molar-refractivity contribution in [1.29, 1.82) is 0 Å². The van der Waals surface area contributed by atoms with E-state index in [2.05, 4.69) is 14.8 Å². The Bertz CT molecular complexity index is 925. The molecule has 1 atom stereocenters. The maximum Gasteiger partial charge on any atom is 0.244 e. The molecule has 24 heavy (non-hydrogen) atoms. The third-order valence-corrected chi connectivity index (χ3v) is 5.11. The molecule has 0 fully saturated rings. The molecular weight excluding hydrogens is 331 g/mol. The van der Waals surface area contributed by atoms with Gasteiger partial charge in [-0.15, -0.1) is 0 Å². The number of hydrogen-bond donors (Lipinski definition) is 1. The van der Waals surface area contributed by atoms with Crippen molar-refractivity contribution in [2.24, 2.45) is 0 Å². The van der Waals surface area contributed by atoms with Crippen LogP contribution in [0.25, 0.3) is 5.69 Å². The minimum Gasteiger partial charge on any atom is -0.223 e. The van der Waals surface area contributed by atoms with Crippen molar-refractivity contribution in [3.8, 4) is 5.69 Å². The summed E-state index contributed by atoms with van der Waals surface area (Å²) in [4.78, 5) is 3.51. The molecule has 0 spiro atoms. The highest BCUT2D eigenvalue weighted by molar-refractivity contribution is 7.89. The van der Waals surface area contributed by atoms with Gasteiger partial charge in [-0.3, -0.25) is 0 Å². The summed E-state index contributed by atoms with van der Waals surface area (Å²) in [5.74, 6) is -0.779. The molecule has 0 bridgehead atoms. The minimum atomic E-state index is -3.94. The van der Waals surface area contributed by atoms with E-state index < -0.39 is 21.9 Å². The number of aromatic nitrogens is 3. The van der Waals surface area contributed by atoms with Gasteiger partial charge in [-0.05, 0) is 36.8 Å². The van der Waals surface area contributed by atoms with Crippen LogP contribution in [-0.4, -0.2) is 23.2 Å². The lowest BCUT2D eigenvalue weighted by molar-refractivity contribution is 0.547. The first-order chi connectivity index (χ1) is 11.5. The van der Waals surface area contributed by atoms with Crippen molar-refractivity contribution in [2.75, 3.05) is 0 Å². The van der Waals surface area contributed by atoms with Gasteiger partial charge in [-0.2, -0.15) is 5.10 Å². The molecule has 3 aromatic rings. The van der Waals surface area contributed by atoms with Crippen molar-refractivity contribution in [2.45, 2.75) is 17.9 Å². The fraction of sp³-hybridized carbons (Fsp3) is 0.125. The predicted octanol–water partition coefficient (Wildman–Crippen LogP) is 2.45. The van der Waals surface area contributed by atoms with E-state index in [0.29, 0.717) is 0 Å². The van der Waals surface area contributed by atoms with E-state index in [-0.39, 0.29) is 4.90 Å². The highest BCUT2D eigenvalue weighted by Crippen LogP contribution is 2.20. The van der Waals surface area contributed by atoms with E-state index in [9.17, 15) is 12.8 Å². The van der Waals surface area contributed by atoms with Crippen LogP contribution in [0.2, 0.25) is 0 Å². The summed E-state index contributed by atoms with van der Waals surface area (Å²) in [6, 6.07) is 11.9. The maximum atomic E-state index is 13.7. The molecule has 2 aromatic carbocycles. The first kappa shape index (κ1) is 16.3. The zero-order valence-corrected chi connectivity index (χ0v) is 13.6. The average molecular weight is 346 g/mol. The molecular formula is C16H15FN4O2S. The molecule has 0 aliphatic carbocycles. The van der Waals surface area contributed by atoms with E-state index in [0.717, 1.165) is 17.3 Å². The lowest BCUT2D eigenvalue weighted by atomic mass is 10.1. The summed E-state index contributed by atoms with van der Waals surface area (Å²) in [7, 11) is -3.94. The smallest absolute Gasteiger partial charge is 0.223 e. The minimum absolute atomic E-state index is 0.365. The normalized spacial score (nSPS) is 12.9. The van der Waals surface area contributed by atoms with Crippen LogP contribution in [-0.2, 0) is 10.0 Å². The molecule has 124 valence electrons. The zero-order chi connectivity index (χ0) is 17.2. The summed E-state index contributed by atoms with van der Waals surface area (Å²) < 4.78 is 42.4. The number of rotatable bonds is 5. The maximum absolute atomic E-state index is 13.7. The second-order valence-electron chi connectivity index (χ2n) is 5.20. The zero-order valence-electron chi connectivity index (χ0n) is 12.8. The van der Waals surface area contributed by atoms with Gasteiger partial charge in [-0.1, -0.05) is 24.3 Å². The average Bonchev–Trinajstić information content (AvgIpc) is 3.09. The van der Waals surface area contributed by atoms with Crippen LogP contribution >= 0.6 is 0 Å². The molecule has 0 amide bonds. The SMILES string of the molecule is C[C@@H](NS(=O)(=O)c1ccccc1F)c1ccc(-n2cncn2)cc1. The topological polar surface area (TPSA) is 76.9 Å². The number of benzene rings is 2. The van der Waals surface area contributed by atoms with Crippen molar-refractivity contribution >= 4 is 10.0 Å². The van der Waals surface area contributed by atoms with Crippen LogP contribution in [0.5, 0.6) is 0 Å². The predicted molar refractivity (Wildman–Crippen MR) is 86.5 cm³/mol. The standard InChI is InChI=1S/C16H15FN4O2S/c1-12(20-24(22,23)16-5-3-2-4-15(16)17)13-6-8-14(9-7-13)21-11-18-10-19-21/h2-12,20H,1H3/t12-/m1/s1. The van der Waals surface area contributed by atoms with Crippen molar-refractivity contribution in [3.63, 3.8) is 0 Å². The number of hydrogen-bond acceptors (Lipinski definition) is 4. The molecule has 0 radical (unpaired) electrons. The largest absolute Gasteiger partial charge is 0.244 e. The van der Waals surface area contributed by atoms with Crippen molar-refractivity contribution < 1.29 is 12.8 Å². The third kappa shape index (κ3) is 3.34. The third-order valence-electron chi connectivity index (χ3n) is 3.53. The van der Waals surface area contributed by atoms with E-state index in [1.54, 1.807) is 42.2 Å². The Morgan fingerprint density at radius 3 is 2.46 bits per heavy atom. The van der Waals surface area contributed by atoms with Gasteiger partial charge < -0.3 is 0 Å². The van der Waals surface area contributed by atoms with Crippen LogP contribution < -0.4 is 4.72 Å². The van der Waals surface area contributed by atoms with Gasteiger partial charge in [0.2, 0.25) is 10.0 Å². The Balaban J connectivity index is 1.80. The number of halogens is 1. The molecule has 0 aliphatic heterocycles. The highest BCUT2D eigenvalue weighted by atomic mass is 32.2. The molecule has 0 saturated carbocycles. The molecule has 6 nitrogen and oxygen atoms in total. The van der Waals surface area contributed by atoms with E-state index in [4.69, 9.17) is 0 Å². The lowest BCUT2D eigenvalue weighted by Gasteiger charge is -2.15. The molecule has 0 saturated heterocycles. The van der Waals surface area contributed by atoms with Gasteiger partial charge >= 0.3 is 0 Å². The van der Waals surface area contributed by atoms with Crippen LogP contribution in [0.3, 0.4) is 0 Å². The molecule has 8 heteroatoms. The Labute approximate surface area is 139 Å². The number of nitrogens with one attached hydrogen (secondary N) is 1. The molecule has 1 heterocycles. The van der Waals surface area contributed by atoms with Crippen LogP contribution in [0.4, 0.5) is 4.39 Å². The molecule has 0 unspecified atom stereocenters. The van der Waals surface area contributed by atoms with Gasteiger partial charge in [-0.25, -0.2) is 27.2 Å². The van der Waals surface area contributed by atoms with E-state index in [1.807, 2.05) is 0 Å². The molecule has 1 N–H and O–H groups in total. The molecule has 1 aromatic heterocycles. The Hall–Kier alpha value is -2.58.